The third kappa shape index (κ3) is 2.56. The molecule has 0 fully saturated rings. The Bertz CT molecular complexity index is 892. The Morgan fingerprint density at radius 3 is 2.52 bits per heavy atom. The molecule has 1 aliphatic rings. The van der Waals surface area contributed by atoms with Crippen molar-refractivity contribution in [2.24, 2.45) is 0 Å². The lowest BCUT2D eigenvalue weighted by atomic mass is 9.79. The molecular weight excluding hydrogens is 308 g/mol. The summed E-state index contributed by atoms with van der Waals surface area (Å²) in [5.41, 5.74) is 6.97. The molecule has 2 aromatic carbocycles. The van der Waals surface area contributed by atoms with Crippen molar-refractivity contribution in [3.8, 4) is 5.69 Å². The van der Waals surface area contributed by atoms with E-state index in [1.54, 1.807) is 0 Å². The summed E-state index contributed by atoms with van der Waals surface area (Å²) in [6.45, 7) is 4.48. The van der Waals surface area contributed by atoms with Gasteiger partial charge in [0.2, 0.25) is 0 Å². The van der Waals surface area contributed by atoms with Gasteiger partial charge >= 0.3 is 0 Å². The number of anilines is 1. The lowest BCUT2D eigenvalue weighted by Gasteiger charge is -2.42. The van der Waals surface area contributed by atoms with Crippen molar-refractivity contribution >= 4 is 5.69 Å². The molecule has 2 N–H and O–H groups in total. The first-order valence-corrected chi connectivity index (χ1v) is 8.89. The number of aliphatic hydroxyl groups excluding tert-OH is 1. The second kappa shape index (κ2) is 6.08. The quantitative estimate of drug-likeness (QED) is 0.736. The molecule has 0 spiro atoms. The van der Waals surface area contributed by atoms with Gasteiger partial charge in [-0.15, -0.1) is 0 Å². The highest BCUT2D eigenvalue weighted by molar-refractivity contribution is 5.69. The molecule has 0 saturated carbocycles. The second-order valence-electron chi connectivity index (χ2n) is 7.01. The van der Waals surface area contributed by atoms with E-state index in [1.165, 1.54) is 28.1 Å². The van der Waals surface area contributed by atoms with Crippen LogP contribution in [0.1, 0.15) is 35.2 Å². The molecule has 4 rings (SSSR count). The fourth-order valence-corrected chi connectivity index (χ4v) is 4.14. The van der Waals surface area contributed by atoms with E-state index in [2.05, 4.69) is 84.5 Å². The summed E-state index contributed by atoms with van der Waals surface area (Å²) < 4.78 is 2.28. The van der Waals surface area contributed by atoms with E-state index in [-0.39, 0.29) is 12.1 Å². The molecule has 2 heterocycles. The number of benzene rings is 2. The van der Waals surface area contributed by atoms with E-state index < -0.39 is 0 Å². The fraction of sp³-hybridized carbons (Fsp3) is 0.273. The number of nitrogens with zero attached hydrogens (tertiary/aromatic N) is 1. The lowest BCUT2D eigenvalue weighted by molar-refractivity contribution is 0.272. The number of fused-ring (bicyclic) bond motifs is 3. The summed E-state index contributed by atoms with van der Waals surface area (Å²) in [7, 11) is 0. The second-order valence-corrected chi connectivity index (χ2v) is 7.01. The Kier molecular flexibility index (Phi) is 3.89. The minimum absolute atomic E-state index is 0.191. The molecular formula is C22H24N2O. The number of aromatic nitrogens is 1. The first-order chi connectivity index (χ1) is 12.1. The van der Waals surface area contributed by atoms with Crippen LogP contribution in [0.25, 0.3) is 5.69 Å². The molecule has 1 atom stereocenters. The first kappa shape index (κ1) is 16.0. The fourth-order valence-electron chi connectivity index (χ4n) is 4.14. The van der Waals surface area contributed by atoms with E-state index in [4.69, 9.17) is 0 Å². The highest BCUT2D eigenvalue weighted by Gasteiger charge is 2.40. The van der Waals surface area contributed by atoms with Crippen molar-refractivity contribution in [3.63, 3.8) is 0 Å². The van der Waals surface area contributed by atoms with E-state index in [9.17, 15) is 5.11 Å². The summed E-state index contributed by atoms with van der Waals surface area (Å²) in [4.78, 5) is 0. The van der Waals surface area contributed by atoms with Crippen molar-refractivity contribution in [2.45, 2.75) is 32.2 Å². The Hall–Kier alpha value is -2.52. The van der Waals surface area contributed by atoms with Crippen LogP contribution in [0.15, 0.2) is 60.8 Å². The van der Waals surface area contributed by atoms with Crippen LogP contribution in [0.4, 0.5) is 5.69 Å². The van der Waals surface area contributed by atoms with Crippen LogP contribution in [0, 0.1) is 13.8 Å². The molecule has 25 heavy (non-hydrogen) atoms. The predicted octanol–water partition coefficient (Wildman–Crippen LogP) is 4.54. The predicted molar refractivity (Wildman–Crippen MR) is 102 cm³/mol. The zero-order chi connectivity index (χ0) is 17.4. The summed E-state index contributed by atoms with van der Waals surface area (Å²) >= 11 is 0. The number of nitrogens with one attached hydrogen (secondary N) is 1. The van der Waals surface area contributed by atoms with Gasteiger partial charge in [-0.2, -0.15) is 0 Å². The maximum absolute atomic E-state index is 9.53. The van der Waals surface area contributed by atoms with Crippen LogP contribution < -0.4 is 5.32 Å². The Morgan fingerprint density at radius 1 is 1.00 bits per heavy atom. The molecule has 1 aliphatic heterocycles. The van der Waals surface area contributed by atoms with E-state index in [1.807, 2.05) is 0 Å². The Balaban J connectivity index is 1.97. The molecule has 0 bridgehead atoms. The van der Waals surface area contributed by atoms with E-state index in [0.29, 0.717) is 0 Å². The summed E-state index contributed by atoms with van der Waals surface area (Å²) in [6.07, 6.45) is 3.71. The van der Waals surface area contributed by atoms with Crippen molar-refractivity contribution in [1.29, 1.82) is 0 Å². The highest BCUT2D eigenvalue weighted by atomic mass is 16.2. The number of hydrogen-bond donors (Lipinski definition) is 2. The van der Waals surface area contributed by atoms with Crippen LogP contribution in [-0.2, 0) is 5.54 Å². The number of hydrogen-bond acceptors (Lipinski definition) is 2. The monoisotopic (exact) mass is 332 g/mol. The van der Waals surface area contributed by atoms with Gasteiger partial charge < -0.3 is 15.0 Å². The van der Waals surface area contributed by atoms with Gasteiger partial charge in [-0.1, -0.05) is 41.5 Å². The molecule has 0 amide bonds. The summed E-state index contributed by atoms with van der Waals surface area (Å²) in [6, 6.07) is 19.5. The van der Waals surface area contributed by atoms with Gasteiger partial charge in [0, 0.05) is 12.8 Å². The van der Waals surface area contributed by atoms with Crippen molar-refractivity contribution in [2.75, 3.05) is 11.9 Å². The molecule has 3 heteroatoms. The normalized spacial score (nSPS) is 18.4. The molecule has 3 nitrogen and oxygen atoms in total. The van der Waals surface area contributed by atoms with Crippen LogP contribution in [0.5, 0.6) is 0 Å². The Labute approximate surface area is 148 Å². The number of aryl methyl sites for hydroxylation is 2. The maximum atomic E-state index is 9.53. The average molecular weight is 332 g/mol. The van der Waals surface area contributed by atoms with E-state index >= 15 is 0 Å². The van der Waals surface area contributed by atoms with Gasteiger partial charge in [0.05, 0.1) is 17.1 Å². The zero-order valence-corrected chi connectivity index (χ0v) is 14.8. The summed E-state index contributed by atoms with van der Waals surface area (Å²) in [5.74, 6) is 0. The Morgan fingerprint density at radius 2 is 1.76 bits per heavy atom. The van der Waals surface area contributed by atoms with Crippen molar-refractivity contribution < 1.29 is 5.11 Å². The topological polar surface area (TPSA) is 37.2 Å². The maximum Gasteiger partial charge on any atom is 0.104 e. The zero-order valence-electron chi connectivity index (χ0n) is 14.8. The van der Waals surface area contributed by atoms with Crippen LogP contribution >= 0.6 is 0 Å². The van der Waals surface area contributed by atoms with Gasteiger partial charge in [-0.05, 0) is 56.5 Å². The molecule has 0 saturated heterocycles. The molecule has 0 unspecified atom stereocenters. The lowest BCUT2D eigenvalue weighted by Crippen LogP contribution is -2.42. The molecule has 128 valence electrons. The standard InChI is InChI=1S/C22H24N2O/c1-16-13-17(2)15-18(14-16)22(10-6-12-25)21-9-5-11-24(21)20-8-4-3-7-19(20)23-22/h3-5,7-9,11,13-15,23,25H,6,10,12H2,1-2H3/t22-/m0/s1. The largest absolute Gasteiger partial charge is 0.396 e. The van der Waals surface area contributed by atoms with Gasteiger partial charge in [0.15, 0.2) is 0 Å². The smallest absolute Gasteiger partial charge is 0.104 e. The summed E-state index contributed by atoms with van der Waals surface area (Å²) in [5, 5.41) is 13.4. The number of aliphatic hydroxyl groups is 1. The molecule has 0 radical (unpaired) electrons. The molecule has 3 aromatic rings. The van der Waals surface area contributed by atoms with Crippen LogP contribution in [0.3, 0.4) is 0 Å². The van der Waals surface area contributed by atoms with Crippen LogP contribution in [-0.4, -0.2) is 16.3 Å². The average Bonchev–Trinajstić information content (AvgIpc) is 3.09. The van der Waals surface area contributed by atoms with Crippen LogP contribution in [0.2, 0.25) is 0 Å². The number of rotatable bonds is 4. The minimum Gasteiger partial charge on any atom is -0.396 e. The van der Waals surface area contributed by atoms with Gasteiger partial charge in [0.1, 0.15) is 5.54 Å². The molecule has 1 aromatic heterocycles. The molecule has 0 aliphatic carbocycles. The third-order valence-electron chi connectivity index (χ3n) is 5.12. The van der Waals surface area contributed by atoms with Crippen molar-refractivity contribution in [3.05, 3.63) is 83.2 Å². The third-order valence-corrected chi connectivity index (χ3v) is 5.12. The van der Waals surface area contributed by atoms with Gasteiger partial charge in [-0.3, -0.25) is 0 Å². The number of para-hydroxylation sites is 2. The SMILES string of the molecule is Cc1cc(C)cc([C@]2(CCCO)Nc3ccccc3-n3cccc32)c1. The minimum atomic E-state index is -0.336. The van der Waals surface area contributed by atoms with Gasteiger partial charge in [0.25, 0.3) is 0 Å². The van der Waals surface area contributed by atoms with E-state index in [0.717, 1.165) is 18.5 Å². The van der Waals surface area contributed by atoms with Gasteiger partial charge in [-0.25, -0.2) is 0 Å². The van der Waals surface area contributed by atoms with Crippen molar-refractivity contribution in [1.82, 2.24) is 4.57 Å². The first-order valence-electron chi connectivity index (χ1n) is 8.89. The highest BCUT2D eigenvalue weighted by Crippen LogP contribution is 2.44.